The highest BCUT2D eigenvalue weighted by Gasteiger charge is 2.36. The fourth-order valence-electron chi connectivity index (χ4n) is 7.13. The number of urea groups is 1. The van der Waals surface area contributed by atoms with Crippen LogP contribution in [0.1, 0.15) is 56.7 Å². The van der Waals surface area contributed by atoms with Gasteiger partial charge in [-0.25, -0.2) is 9.78 Å². The third-order valence-corrected chi connectivity index (χ3v) is 11.3. The van der Waals surface area contributed by atoms with Crippen LogP contribution in [0.5, 0.6) is 0 Å². The molecule has 27 nitrogen and oxygen atoms in total. The van der Waals surface area contributed by atoms with Crippen molar-refractivity contribution < 1.29 is 63.0 Å². The van der Waals surface area contributed by atoms with E-state index in [9.17, 15) is 63.0 Å². The van der Waals surface area contributed by atoms with E-state index in [1.165, 1.54) is 19.4 Å². The molecule has 1 saturated heterocycles. The smallest absolute Gasteiger partial charge is 0.312 e. The molecule has 3 heterocycles. The summed E-state index contributed by atoms with van der Waals surface area (Å²) in [7, 11) is 0. The lowest BCUT2D eigenvalue weighted by atomic mass is 10.0. The van der Waals surface area contributed by atoms with E-state index in [0.717, 1.165) is 0 Å². The number of H-pyrrole nitrogens is 2. The Balaban J connectivity index is 1.81. The lowest BCUT2D eigenvalue weighted by molar-refractivity contribution is -0.139. The van der Waals surface area contributed by atoms with Crippen LogP contribution in [0.3, 0.4) is 0 Å². The number of benzene rings is 1. The quantitative estimate of drug-likeness (QED) is 0.0473. The molecule has 1 aliphatic heterocycles. The Morgan fingerprint density at radius 1 is 0.657 bits per heavy atom. The lowest BCUT2D eigenvalue weighted by Gasteiger charge is -2.28. The van der Waals surface area contributed by atoms with Gasteiger partial charge in [-0.05, 0) is 44.2 Å². The summed E-state index contributed by atoms with van der Waals surface area (Å²) in [5, 5.41) is 42.3. The molecule has 0 radical (unpaired) electrons. The molecule has 0 spiro atoms. The molecule has 3 aromatic rings. The summed E-state index contributed by atoms with van der Waals surface area (Å²) >= 11 is 4.21. The fourth-order valence-corrected chi connectivity index (χ4v) is 7.39. The van der Waals surface area contributed by atoms with Gasteiger partial charge in [-0.1, -0.05) is 18.2 Å². The second-order valence-corrected chi connectivity index (χ2v) is 16.6. The number of nitrogens with one attached hydrogen (secondary N) is 11. The second-order valence-electron chi connectivity index (χ2n) is 16.2. The van der Waals surface area contributed by atoms with Crippen LogP contribution in [-0.2, 0) is 60.8 Å². The number of hydrogen-bond donors (Lipinski definition) is 16. The molecular weight excluding hydrogens is 941 g/mol. The van der Waals surface area contributed by atoms with E-state index in [1.807, 2.05) is 0 Å². The molecule has 11 amide bonds. The van der Waals surface area contributed by atoms with Crippen LogP contribution in [0.25, 0.3) is 10.9 Å². The number of rotatable bonds is 16. The molecular formula is C42H58N14O13S. The van der Waals surface area contributed by atoms with Crippen LogP contribution in [0.2, 0.25) is 0 Å². The van der Waals surface area contributed by atoms with E-state index in [1.54, 1.807) is 30.5 Å². The summed E-state index contributed by atoms with van der Waals surface area (Å²) < 4.78 is 0. The van der Waals surface area contributed by atoms with Gasteiger partial charge < -0.3 is 79.5 Å². The van der Waals surface area contributed by atoms with Gasteiger partial charge in [-0.2, -0.15) is 12.6 Å². The number of aromatic nitrogens is 3. The second kappa shape index (κ2) is 26.7. The monoisotopic (exact) mass is 998 g/mol. The van der Waals surface area contributed by atoms with Crippen molar-refractivity contribution in [3.05, 3.63) is 54.2 Å². The number of nitrogens with two attached hydrogens (primary N) is 2. The number of carbonyl (C=O) groups is 11. The maximum atomic E-state index is 14.3. The van der Waals surface area contributed by atoms with Gasteiger partial charge in [-0.3, -0.25) is 47.9 Å². The van der Waals surface area contributed by atoms with Crippen molar-refractivity contribution in [3.8, 4) is 0 Å². The van der Waals surface area contributed by atoms with Crippen molar-refractivity contribution >= 4 is 88.7 Å². The van der Waals surface area contributed by atoms with Gasteiger partial charge >= 0.3 is 12.0 Å². The van der Waals surface area contributed by atoms with E-state index in [2.05, 4.69) is 75.4 Å². The first kappa shape index (κ1) is 54.9. The number of nitrogens with zero attached hydrogens (tertiary/aromatic N) is 1. The summed E-state index contributed by atoms with van der Waals surface area (Å²) in [5.41, 5.74) is 12.0. The van der Waals surface area contributed by atoms with Crippen molar-refractivity contribution in [2.45, 2.75) is 107 Å². The third kappa shape index (κ3) is 16.8. The highest BCUT2D eigenvalue weighted by Crippen LogP contribution is 2.20. The lowest BCUT2D eigenvalue weighted by Crippen LogP contribution is -2.62. The maximum Gasteiger partial charge on any atom is 0.312 e. The van der Waals surface area contributed by atoms with Gasteiger partial charge in [0.05, 0.1) is 12.9 Å². The average Bonchev–Trinajstić information content (AvgIpc) is 3.99. The average molecular weight is 999 g/mol. The molecule has 0 aliphatic carbocycles. The van der Waals surface area contributed by atoms with Crippen molar-refractivity contribution in [1.82, 2.24) is 62.8 Å². The van der Waals surface area contributed by atoms with Crippen LogP contribution < -0.4 is 59.3 Å². The number of imidazole rings is 1. The number of hydrogen-bond acceptors (Lipinski definition) is 14. The Bertz CT molecular complexity index is 2380. The molecule has 2 aromatic heterocycles. The summed E-state index contributed by atoms with van der Waals surface area (Å²) in [6.45, 7) is 0.0996. The highest BCUT2D eigenvalue weighted by atomic mass is 32.1. The number of aliphatic carboxylic acids is 1. The first-order valence-electron chi connectivity index (χ1n) is 22.0. The summed E-state index contributed by atoms with van der Waals surface area (Å²) in [6, 6.07) is -6.53. The molecule has 0 saturated carbocycles. The summed E-state index contributed by atoms with van der Waals surface area (Å²) in [5.74, 6) is -10.8. The van der Waals surface area contributed by atoms with Crippen LogP contribution in [0, 0.1) is 0 Å². The fraction of sp³-hybridized carbons (Fsp3) is 0.476. The zero-order valence-corrected chi connectivity index (χ0v) is 38.8. The van der Waals surface area contributed by atoms with Crippen LogP contribution in [0.4, 0.5) is 4.79 Å². The molecule has 1 aromatic carbocycles. The van der Waals surface area contributed by atoms with E-state index < -0.39 is 146 Å². The number of aliphatic hydroxyl groups excluding tert-OH is 1. The Kier molecular flexibility index (Phi) is 20.9. The molecule has 0 unspecified atom stereocenters. The Labute approximate surface area is 404 Å². The summed E-state index contributed by atoms with van der Waals surface area (Å²) in [6.07, 6.45) is 1.27. The van der Waals surface area contributed by atoms with E-state index >= 15 is 0 Å². The number of aromatic amines is 2. The standard InChI is InChI=1S/C42H58N14O13S/c1-20-34(61)56-31(18-70)41(68)53-28(13-21-15-47-24-6-3-2-5-23(21)24)38(65)52-27(9-11-33(59)60)36(63)50-25(7-4-12-46-42(44)69)35(62)54-29(14-22-16-45-19-48-22)39(66)51-26(8-10-32(43)58)37(64)55-30(17-57)40(67)49-20/h2-3,5-6,15-16,19-20,25-31,47,57,70H,4,7-14,17-18H2,1H3,(H2,43,58)(H,45,48)(H,49,67)(H,50,63)(H,51,66)(H,52,65)(H,53,68)(H,54,62)(H,55,64)(H,56,61)(H,59,60)(H3,44,46,69)/t20-,25-,26-,27-,28-,29-,30-,31-/m0/s1. The zero-order chi connectivity index (χ0) is 51.5. The number of para-hydroxylation sites is 1. The van der Waals surface area contributed by atoms with Crippen molar-refractivity contribution in [2.75, 3.05) is 18.9 Å². The molecule has 17 N–H and O–H groups in total. The minimum atomic E-state index is -1.75. The van der Waals surface area contributed by atoms with Gasteiger partial charge in [-0.15, -0.1) is 0 Å². The largest absolute Gasteiger partial charge is 0.481 e. The van der Waals surface area contributed by atoms with E-state index in [4.69, 9.17) is 11.5 Å². The van der Waals surface area contributed by atoms with Gasteiger partial charge in [0.15, 0.2) is 0 Å². The van der Waals surface area contributed by atoms with Gasteiger partial charge in [0.2, 0.25) is 53.2 Å². The number of carbonyl (C=O) groups excluding carboxylic acids is 10. The number of amides is 11. The topological polar surface area (TPSA) is 433 Å². The number of aliphatic hydroxyl groups is 1. The molecule has 1 aliphatic rings. The van der Waals surface area contributed by atoms with Gasteiger partial charge in [0.1, 0.15) is 48.3 Å². The number of fused-ring (bicyclic) bond motifs is 1. The zero-order valence-electron chi connectivity index (χ0n) is 37.9. The number of primary amides is 2. The van der Waals surface area contributed by atoms with Crippen LogP contribution in [0.15, 0.2) is 43.0 Å². The third-order valence-electron chi connectivity index (χ3n) is 10.9. The van der Waals surface area contributed by atoms with Crippen molar-refractivity contribution in [2.24, 2.45) is 11.5 Å². The number of carboxylic acids is 1. The first-order chi connectivity index (χ1) is 33.3. The molecule has 70 heavy (non-hydrogen) atoms. The van der Waals surface area contributed by atoms with E-state index in [0.29, 0.717) is 22.2 Å². The SMILES string of the molecule is C[C@@H]1NC(=O)[C@H](CO)NC(=O)[C@H](CCC(N)=O)NC(=O)[C@H](Cc2cnc[nH]2)NC(=O)[C@H](CCCNC(N)=O)NC(=O)[C@H](CCC(=O)O)NC(=O)[C@H](Cc2c[nH]c3ccccc23)NC(=O)[C@H](CS)NC1=O. The van der Waals surface area contributed by atoms with Crippen molar-refractivity contribution in [1.29, 1.82) is 0 Å². The first-order valence-corrected chi connectivity index (χ1v) is 22.6. The predicted octanol–water partition coefficient (Wildman–Crippen LogP) is -4.91. The Morgan fingerprint density at radius 3 is 1.73 bits per heavy atom. The Morgan fingerprint density at radius 2 is 1.17 bits per heavy atom. The van der Waals surface area contributed by atoms with Crippen LogP contribution >= 0.6 is 12.6 Å². The minimum absolute atomic E-state index is 0.0137. The highest BCUT2D eigenvalue weighted by molar-refractivity contribution is 7.80. The van der Waals surface area contributed by atoms with Crippen LogP contribution in [-0.4, -0.2) is 158 Å². The number of thiol groups is 1. The summed E-state index contributed by atoms with van der Waals surface area (Å²) in [4.78, 5) is 156. The Hall–Kier alpha value is -7.75. The molecule has 8 atom stereocenters. The normalized spacial score (nSPS) is 23.8. The van der Waals surface area contributed by atoms with E-state index in [-0.39, 0.29) is 38.0 Å². The van der Waals surface area contributed by atoms with Gasteiger partial charge in [0, 0.05) is 67.0 Å². The van der Waals surface area contributed by atoms with Crippen molar-refractivity contribution in [3.63, 3.8) is 0 Å². The number of carboxylic acid groups (broad SMARTS) is 1. The maximum absolute atomic E-state index is 14.3. The molecule has 28 heteroatoms. The predicted molar refractivity (Wildman–Crippen MR) is 248 cm³/mol. The minimum Gasteiger partial charge on any atom is -0.481 e. The molecule has 1 fully saturated rings. The molecule has 4 rings (SSSR count). The van der Waals surface area contributed by atoms with Gasteiger partial charge in [0.25, 0.3) is 0 Å². The molecule has 0 bridgehead atoms. The molecule has 380 valence electrons.